The Labute approximate surface area is 109 Å². The van der Waals surface area contributed by atoms with Gasteiger partial charge < -0.3 is 9.84 Å². The first kappa shape index (κ1) is 14.7. The van der Waals surface area contributed by atoms with Crippen LogP contribution >= 0.6 is 0 Å². The number of ether oxygens (including phenoxy) is 1. The first-order valence-corrected chi connectivity index (χ1v) is 6.49. The van der Waals surface area contributed by atoms with Crippen LogP contribution in [0.25, 0.3) is 0 Å². The predicted molar refractivity (Wildman–Crippen MR) is 71.5 cm³/mol. The highest BCUT2D eigenvalue weighted by Crippen LogP contribution is 2.09. The topological polar surface area (TPSA) is 46.5 Å². The van der Waals surface area contributed by atoms with Crippen LogP contribution in [0, 0.1) is 5.92 Å². The molecule has 1 N–H and O–H groups in total. The number of carboxylic acid groups (broad SMARTS) is 1. The van der Waals surface area contributed by atoms with Crippen molar-refractivity contribution >= 4 is 5.97 Å². The van der Waals surface area contributed by atoms with Crippen molar-refractivity contribution in [2.75, 3.05) is 6.61 Å². The van der Waals surface area contributed by atoms with Crippen LogP contribution < -0.4 is 0 Å². The Morgan fingerprint density at radius 1 is 1.28 bits per heavy atom. The standard InChI is InChI=1S/C15H22O3/c1-3-4-12(2)10-18-11-14-7-5-13(6-8-14)9-15(16)17/h5-8,12H,3-4,9-11H2,1-2H3,(H,16,17). The fraction of sp³-hybridized carbons (Fsp3) is 0.533. The fourth-order valence-corrected chi connectivity index (χ4v) is 1.88. The second kappa shape index (κ2) is 7.88. The number of benzene rings is 1. The minimum atomic E-state index is -0.799. The molecule has 1 rings (SSSR count). The molecule has 1 aromatic rings. The largest absolute Gasteiger partial charge is 0.481 e. The molecular weight excluding hydrogens is 228 g/mol. The summed E-state index contributed by atoms with van der Waals surface area (Å²) in [5, 5.41) is 8.66. The number of hydrogen-bond acceptors (Lipinski definition) is 2. The summed E-state index contributed by atoms with van der Waals surface area (Å²) in [6, 6.07) is 7.57. The summed E-state index contributed by atoms with van der Waals surface area (Å²) in [6.07, 6.45) is 2.46. The lowest BCUT2D eigenvalue weighted by molar-refractivity contribution is -0.136. The van der Waals surface area contributed by atoms with Crippen LogP contribution in [-0.2, 0) is 22.6 Å². The average molecular weight is 250 g/mol. The number of hydrogen-bond donors (Lipinski definition) is 1. The van der Waals surface area contributed by atoms with Gasteiger partial charge in [-0.15, -0.1) is 0 Å². The molecule has 18 heavy (non-hydrogen) atoms. The monoisotopic (exact) mass is 250 g/mol. The van der Waals surface area contributed by atoms with Crippen molar-refractivity contribution in [3.05, 3.63) is 35.4 Å². The quantitative estimate of drug-likeness (QED) is 0.770. The SMILES string of the molecule is CCCC(C)COCc1ccc(CC(=O)O)cc1. The number of rotatable bonds is 8. The summed E-state index contributed by atoms with van der Waals surface area (Å²) >= 11 is 0. The summed E-state index contributed by atoms with van der Waals surface area (Å²) < 4.78 is 5.64. The molecule has 0 heterocycles. The van der Waals surface area contributed by atoms with E-state index in [9.17, 15) is 4.79 Å². The van der Waals surface area contributed by atoms with Gasteiger partial charge in [-0.3, -0.25) is 4.79 Å². The molecule has 0 aliphatic carbocycles. The number of aliphatic carboxylic acids is 1. The third-order valence-electron chi connectivity index (χ3n) is 2.83. The maximum absolute atomic E-state index is 10.5. The van der Waals surface area contributed by atoms with Crippen molar-refractivity contribution in [1.82, 2.24) is 0 Å². The number of carbonyl (C=O) groups is 1. The van der Waals surface area contributed by atoms with E-state index in [-0.39, 0.29) is 6.42 Å². The van der Waals surface area contributed by atoms with E-state index < -0.39 is 5.97 Å². The fourth-order valence-electron chi connectivity index (χ4n) is 1.88. The van der Waals surface area contributed by atoms with Crippen LogP contribution in [0.15, 0.2) is 24.3 Å². The highest BCUT2D eigenvalue weighted by atomic mass is 16.5. The summed E-state index contributed by atoms with van der Waals surface area (Å²) in [5.74, 6) is -0.200. The van der Waals surface area contributed by atoms with E-state index in [0.29, 0.717) is 12.5 Å². The minimum absolute atomic E-state index is 0.0780. The second-order valence-corrected chi connectivity index (χ2v) is 4.80. The lowest BCUT2D eigenvalue weighted by Gasteiger charge is -2.10. The van der Waals surface area contributed by atoms with E-state index in [2.05, 4.69) is 13.8 Å². The predicted octanol–water partition coefficient (Wildman–Crippen LogP) is 3.27. The van der Waals surface area contributed by atoms with Gasteiger partial charge in [-0.1, -0.05) is 44.5 Å². The Hall–Kier alpha value is -1.35. The van der Waals surface area contributed by atoms with Gasteiger partial charge in [0.05, 0.1) is 13.0 Å². The van der Waals surface area contributed by atoms with Gasteiger partial charge in [-0.05, 0) is 23.5 Å². The van der Waals surface area contributed by atoms with Crippen LogP contribution in [0.2, 0.25) is 0 Å². The summed E-state index contributed by atoms with van der Waals surface area (Å²) in [5.41, 5.74) is 1.92. The molecule has 0 radical (unpaired) electrons. The van der Waals surface area contributed by atoms with Crippen molar-refractivity contribution in [1.29, 1.82) is 0 Å². The zero-order valence-electron chi connectivity index (χ0n) is 11.2. The summed E-state index contributed by atoms with van der Waals surface area (Å²) in [6.45, 7) is 5.75. The average Bonchev–Trinajstić information content (AvgIpc) is 2.31. The molecule has 1 aromatic carbocycles. The molecule has 0 saturated heterocycles. The molecule has 1 unspecified atom stereocenters. The van der Waals surface area contributed by atoms with Gasteiger partial charge in [-0.25, -0.2) is 0 Å². The van der Waals surface area contributed by atoms with Crippen LogP contribution in [0.5, 0.6) is 0 Å². The van der Waals surface area contributed by atoms with E-state index in [1.165, 1.54) is 12.8 Å². The van der Waals surface area contributed by atoms with Gasteiger partial charge in [-0.2, -0.15) is 0 Å². The molecule has 1 atom stereocenters. The Morgan fingerprint density at radius 3 is 2.44 bits per heavy atom. The van der Waals surface area contributed by atoms with Crippen LogP contribution in [0.1, 0.15) is 37.8 Å². The summed E-state index contributed by atoms with van der Waals surface area (Å²) in [7, 11) is 0. The Bertz CT molecular complexity index is 357. The van der Waals surface area contributed by atoms with E-state index >= 15 is 0 Å². The van der Waals surface area contributed by atoms with E-state index in [0.717, 1.165) is 17.7 Å². The lowest BCUT2D eigenvalue weighted by atomic mass is 10.1. The van der Waals surface area contributed by atoms with Gasteiger partial charge in [0.25, 0.3) is 0 Å². The maximum Gasteiger partial charge on any atom is 0.307 e. The molecule has 0 saturated carbocycles. The van der Waals surface area contributed by atoms with Crippen molar-refractivity contribution in [2.45, 2.75) is 39.7 Å². The van der Waals surface area contributed by atoms with Gasteiger partial charge in [0.15, 0.2) is 0 Å². The highest BCUT2D eigenvalue weighted by molar-refractivity contribution is 5.70. The molecular formula is C15H22O3. The van der Waals surface area contributed by atoms with Crippen molar-refractivity contribution in [2.24, 2.45) is 5.92 Å². The second-order valence-electron chi connectivity index (χ2n) is 4.80. The molecule has 0 spiro atoms. The lowest BCUT2D eigenvalue weighted by Crippen LogP contribution is -2.05. The zero-order chi connectivity index (χ0) is 13.4. The van der Waals surface area contributed by atoms with Gasteiger partial charge in [0.1, 0.15) is 0 Å². The molecule has 0 aromatic heterocycles. The smallest absolute Gasteiger partial charge is 0.307 e. The normalized spacial score (nSPS) is 12.3. The van der Waals surface area contributed by atoms with Crippen LogP contribution in [-0.4, -0.2) is 17.7 Å². The molecule has 0 aliphatic heterocycles. The van der Waals surface area contributed by atoms with Crippen molar-refractivity contribution in [3.63, 3.8) is 0 Å². The third kappa shape index (κ3) is 5.82. The molecule has 0 amide bonds. The Kier molecular flexibility index (Phi) is 6.44. The Balaban J connectivity index is 2.32. The van der Waals surface area contributed by atoms with Crippen LogP contribution in [0.4, 0.5) is 0 Å². The molecule has 3 nitrogen and oxygen atoms in total. The minimum Gasteiger partial charge on any atom is -0.481 e. The van der Waals surface area contributed by atoms with Crippen LogP contribution in [0.3, 0.4) is 0 Å². The zero-order valence-corrected chi connectivity index (χ0v) is 11.2. The van der Waals surface area contributed by atoms with Gasteiger partial charge >= 0.3 is 5.97 Å². The van der Waals surface area contributed by atoms with Crippen molar-refractivity contribution in [3.8, 4) is 0 Å². The van der Waals surface area contributed by atoms with E-state index in [4.69, 9.17) is 9.84 Å². The molecule has 0 bridgehead atoms. The first-order valence-electron chi connectivity index (χ1n) is 6.49. The van der Waals surface area contributed by atoms with Gasteiger partial charge in [0, 0.05) is 6.61 Å². The van der Waals surface area contributed by atoms with Crippen molar-refractivity contribution < 1.29 is 14.6 Å². The Morgan fingerprint density at radius 2 is 1.89 bits per heavy atom. The highest BCUT2D eigenvalue weighted by Gasteiger charge is 2.02. The van der Waals surface area contributed by atoms with Gasteiger partial charge in [0.2, 0.25) is 0 Å². The number of carboxylic acids is 1. The molecule has 3 heteroatoms. The molecule has 0 fully saturated rings. The van der Waals surface area contributed by atoms with E-state index in [1.54, 1.807) is 0 Å². The third-order valence-corrected chi connectivity index (χ3v) is 2.83. The van der Waals surface area contributed by atoms with E-state index in [1.807, 2.05) is 24.3 Å². The molecule has 0 aliphatic rings. The maximum atomic E-state index is 10.5. The first-order chi connectivity index (χ1) is 8.61. The molecule has 100 valence electrons. The summed E-state index contributed by atoms with van der Waals surface area (Å²) in [4.78, 5) is 10.5.